The molecule has 1 saturated heterocycles. The Morgan fingerprint density at radius 1 is 1.40 bits per heavy atom. The monoisotopic (exact) mass is 214 g/mol. The standard InChI is InChI=1S/C10H18N2O3/c1-7(2)12-9(13)5-4-6-11(12)8(3)10(14)15/h7-8H,4-6H2,1-3H3,(H,14,15). The molecule has 5 heteroatoms. The van der Waals surface area contributed by atoms with Crippen LogP contribution >= 0.6 is 0 Å². The SMILES string of the molecule is CC(C(=O)O)N1CCCC(=O)N1C(C)C. The quantitative estimate of drug-likeness (QED) is 0.751. The van der Waals surface area contributed by atoms with E-state index in [0.29, 0.717) is 13.0 Å². The van der Waals surface area contributed by atoms with Crippen LogP contribution < -0.4 is 0 Å². The largest absolute Gasteiger partial charge is 0.480 e. The van der Waals surface area contributed by atoms with Gasteiger partial charge in [-0.1, -0.05) is 0 Å². The molecule has 0 aromatic carbocycles. The number of amides is 1. The molecule has 0 aliphatic carbocycles. The second-order valence-corrected chi connectivity index (χ2v) is 4.11. The van der Waals surface area contributed by atoms with Gasteiger partial charge in [-0.15, -0.1) is 0 Å². The van der Waals surface area contributed by atoms with E-state index in [9.17, 15) is 9.59 Å². The summed E-state index contributed by atoms with van der Waals surface area (Å²) in [4.78, 5) is 22.6. The van der Waals surface area contributed by atoms with Crippen LogP contribution in [0.25, 0.3) is 0 Å². The van der Waals surface area contributed by atoms with Crippen molar-refractivity contribution >= 4 is 11.9 Å². The normalized spacial score (nSPS) is 20.8. The summed E-state index contributed by atoms with van der Waals surface area (Å²) in [6.07, 6.45) is 1.25. The number of carbonyl (C=O) groups excluding carboxylic acids is 1. The fourth-order valence-electron chi connectivity index (χ4n) is 1.85. The molecule has 0 bridgehead atoms. The molecule has 1 N–H and O–H groups in total. The second kappa shape index (κ2) is 4.61. The lowest BCUT2D eigenvalue weighted by Crippen LogP contribution is -2.58. The zero-order valence-corrected chi connectivity index (χ0v) is 9.43. The number of hydrazine groups is 1. The minimum Gasteiger partial charge on any atom is -0.480 e. The summed E-state index contributed by atoms with van der Waals surface area (Å²) in [6, 6.07) is -0.628. The molecular weight excluding hydrogens is 196 g/mol. The molecule has 0 spiro atoms. The summed E-state index contributed by atoms with van der Waals surface area (Å²) >= 11 is 0. The van der Waals surface area contributed by atoms with Gasteiger partial charge >= 0.3 is 5.97 Å². The maximum Gasteiger partial charge on any atom is 0.322 e. The molecule has 1 fully saturated rings. The van der Waals surface area contributed by atoms with E-state index in [1.165, 1.54) is 0 Å². The van der Waals surface area contributed by atoms with E-state index < -0.39 is 12.0 Å². The fraction of sp³-hybridized carbons (Fsp3) is 0.800. The number of carboxylic acid groups (broad SMARTS) is 1. The van der Waals surface area contributed by atoms with Crippen molar-refractivity contribution in [3.05, 3.63) is 0 Å². The molecule has 0 aromatic rings. The summed E-state index contributed by atoms with van der Waals surface area (Å²) in [5.41, 5.74) is 0. The van der Waals surface area contributed by atoms with Crippen molar-refractivity contribution in [3.63, 3.8) is 0 Å². The summed E-state index contributed by atoms with van der Waals surface area (Å²) in [5.74, 6) is -0.875. The molecule has 1 rings (SSSR count). The van der Waals surface area contributed by atoms with E-state index in [1.807, 2.05) is 13.8 Å². The van der Waals surface area contributed by atoms with Gasteiger partial charge in [0.05, 0.1) is 0 Å². The smallest absolute Gasteiger partial charge is 0.322 e. The maximum absolute atomic E-state index is 11.7. The number of carbonyl (C=O) groups is 2. The Bertz CT molecular complexity index is 265. The lowest BCUT2D eigenvalue weighted by atomic mass is 10.1. The molecule has 1 aliphatic heterocycles. The molecule has 1 heterocycles. The van der Waals surface area contributed by atoms with Crippen LogP contribution in [0.5, 0.6) is 0 Å². The number of rotatable bonds is 3. The number of hydrogen-bond donors (Lipinski definition) is 1. The predicted molar refractivity (Wildman–Crippen MR) is 55.0 cm³/mol. The molecule has 1 atom stereocenters. The Labute approximate surface area is 89.6 Å². The highest BCUT2D eigenvalue weighted by Gasteiger charge is 2.33. The molecule has 0 aromatic heterocycles. The predicted octanol–water partition coefficient (Wildman–Crippen LogP) is 0.707. The first-order valence-electron chi connectivity index (χ1n) is 5.26. The van der Waals surface area contributed by atoms with E-state index in [0.717, 1.165) is 6.42 Å². The first-order valence-corrected chi connectivity index (χ1v) is 5.26. The molecule has 1 unspecified atom stereocenters. The van der Waals surface area contributed by atoms with Gasteiger partial charge in [-0.3, -0.25) is 14.6 Å². The summed E-state index contributed by atoms with van der Waals surface area (Å²) < 4.78 is 0. The zero-order valence-electron chi connectivity index (χ0n) is 9.43. The lowest BCUT2D eigenvalue weighted by Gasteiger charge is -2.43. The third-order valence-electron chi connectivity index (χ3n) is 2.60. The Hall–Kier alpha value is -1.10. The Morgan fingerprint density at radius 2 is 2.00 bits per heavy atom. The fourth-order valence-corrected chi connectivity index (χ4v) is 1.85. The van der Waals surface area contributed by atoms with Crippen molar-refractivity contribution < 1.29 is 14.7 Å². The van der Waals surface area contributed by atoms with E-state index in [1.54, 1.807) is 16.9 Å². The minimum atomic E-state index is -0.893. The van der Waals surface area contributed by atoms with Crippen LogP contribution in [0.4, 0.5) is 0 Å². The van der Waals surface area contributed by atoms with Gasteiger partial charge in [0, 0.05) is 19.0 Å². The van der Waals surface area contributed by atoms with Gasteiger partial charge in [0.1, 0.15) is 6.04 Å². The van der Waals surface area contributed by atoms with Crippen LogP contribution in [0.15, 0.2) is 0 Å². The minimum absolute atomic E-state index is 0.0135. The average Bonchev–Trinajstić information content (AvgIpc) is 2.15. The van der Waals surface area contributed by atoms with E-state index in [-0.39, 0.29) is 11.9 Å². The van der Waals surface area contributed by atoms with Crippen molar-refractivity contribution in [2.45, 2.75) is 45.7 Å². The van der Waals surface area contributed by atoms with E-state index in [4.69, 9.17) is 5.11 Å². The van der Waals surface area contributed by atoms with Crippen molar-refractivity contribution in [2.24, 2.45) is 0 Å². The topological polar surface area (TPSA) is 60.9 Å². The lowest BCUT2D eigenvalue weighted by molar-refractivity contribution is -0.174. The number of hydrogen-bond acceptors (Lipinski definition) is 3. The van der Waals surface area contributed by atoms with Crippen molar-refractivity contribution in [3.8, 4) is 0 Å². The Morgan fingerprint density at radius 3 is 2.47 bits per heavy atom. The number of nitrogens with zero attached hydrogens (tertiary/aromatic N) is 2. The van der Waals surface area contributed by atoms with Gasteiger partial charge in [-0.25, -0.2) is 5.01 Å². The molecule has 15 heavy (non-hydrogen) atoms. The van der Waals surface area contributed by atoms with Crippen LogP contribution in [-0.2, 0) is 9.59 Å². The number of carboxylic acids is 1. The van der Waals surface area contributed by atoms with E-state index >= 15 is 0 Å². The summed E-state index contributed by atoms with van der Waals surface area (Å²) in [5, 5.41) is 12.2. The molecule has 0 saturated carbocycles. The van der Waals surface area contributed by atoms with Crippen LogP contribution in [0.1, 0.15) is 33.6 Å². The molecule has 5 nitrogen and oxygen atoms in total. The van der Waals surface area contributed by atoms with Crippen molar-refractivity contribution in [1.82, 2.24) is 10.0 Å². The van der Waals surface area contributed by atoms with Gasteiger partial charge in [0.2, 0.25) is 5.91 Å². The average molecular weight is 214 g/mol. The van der Waals surface area contributed by atoms with Crippen LogP contribution in [0.3, 0.4) is 0 Å². The highest BCUT2D eigenvalue weighted by atomic mass is 16.4. The van der Waals surface area contributed by atoms with Crippen LogP contribution in [-0.4, -0.2) is 45.6 Å². The van der Waals surface area contributed by atoms with Crippen molar-refractivity contribution in [1.29, 1.82) is 0 Å². The maximum atomic E-state index is 11.7. The Balaban J connectivity index is 2.84. The van der Waals surface area contributed by atoms with Gasteiger partial charge in [0.25, 0.3) is 0 Å². The highest BCUT2D eigenvalue weighted by molar-refractivity contribution is 5.78. The van der Waals surface area contributed by atoms with Gasteiger partial charge < -0.3 is 5.11 Å². The third-order valence-corrected chi connectivity index (χ3v) is 2.60. The van der Waals surface area contributed by atoms with Gasteiger partial charge in [-0.05, 0) is 27.2 Å². The summed E-state index contributed by atoms with van der Waals surface area (Å²) in [6.45, 7) is 6.03. The van der Waals surface area contributed by atoms with Gasteiger partial charge in [-0.2, -0.15) is 0 Å². The molecule has 86 valence electrons. The molecular formula is C10H18N2O3. The van der Waals surface area contributed by atoms with Crippen LogP contribution in [0, 0.1) is 0 Å². The Kier molecular flexibility index (Phi) is 3.68. The first-order chi connectivity index (χ1) is 6.95. The number of aliphatic carboxylic acids is 1. The zero-order chi connectivity index (χ0) is 11.6. The first kappa shape index (κ1) is 12.0. The molecule has 1 amide bonds. The third kappa shape index (κ3) is 2.47. The van der Waals surface area contributed by atoms with Gasteiger partial charge in [0.15, 0.2) is 0 Å². The highest BCUT2D eigenvalue weighted by Crippen LogP contribution is 2.18. The molecule has 1 aliphatic rings. The van der Waals surface area contributed by atoms with Crippen molar-refractivity contribution in [2.75, 3.05) is 6.54 Å². The second-order valence-electron chi connectivity index (χ2n) is 4.11. The summed E-state index contributed by atoms with van der Waals surface area (Å²) in [7, 11) is 0. The van der Waals surface area contributed by atoms with Crippen LogP contribution in [0.2, 0.25) is 0 Å². The molecule has 0 radical (unpaired) electrons. The van der Waals surface area contributed by atoms with E-state index in [2.05, 4.69) is 0 Å².